The van der Waals surface area contributed by atoms with E-state index in [9.17, 15) is 4.39 Å². The van der Waals surface area contributed by atoms with E-state index in [4.69, 9.17) is 32.7 Å². The van der Waals surface area contributed by atoms with Gasteiger partial charge < -0.3 is 14.5 Å². The average Bonchev–Trinajstić information content (AvgIpc) is 3.09. The molecule has 7 nitrogen and oxygen atoms in total. The molecule has 4 aromatic rings. The van der Waals surface area contributed by atoms with Gasteiger partial charge in [-0.25, -0.2) is 9.97 Å². The fourth-order valence-electron chi connectivity index (χ4n) is 2.71. The summed E-state index contributed by atoms with van der Waals surface area (Å²) < 4.78 is 24.1. The topological polar surface area (TPSA) is 85.8 Å². The van der Waals surface area contributed by atoms with Crippen LogP contribution in [0.4, 0.5) is 4.39 Å². The Bertz CT molecular complexity index is 1180. The van der Waals surface area contributed by atoms with Crippen LogP contribution in [0.5, 0.6) is 17.4 Å². The monoisotopic (exact) mass is 433 g/mol. The van der Waals surface area contributed by atoms with Crippen molar-refractivity contribution < 1.29 is 13.9 Å². The highest BCUT2D eigenvalue weighted by molar-refractivity contribution is 6.32. The van der Waals surface area contributed by atoms with Crippen LogP contribution in [0.3, 0.4) is 0 Å². The van der Waals surface area contributed by atoms with E-state index in [0.717, 1.165) is 0 Å². The lowest BCUT2D eigenvalue weighted by molar-refractivity contribution is 0.412. The van der Waals surface area contributed by atoms with Crippen LogP contribution in [0, 0.1) is 5.95 Å². The van der Waals surface area contributed by atoms with Crippen LogP contribution in [0.25, 0.3) is 11.2 Å². The van der Waals surface area contributed by atoms with Gasteiger partial charge in [0.2, 0.25) is 17.1 Å². The van der Waals surface area contributed by atoms with Crippen molar-refractivity contribution in [1.29, 1.82) is 0 Å². The fourth-order valence-corrected chi connectivity index (χ4v) is 3.11. The predicted octanol–water partition coefficient (Wildman–Crippen LogP) is 4.78. The van der Waals surface area contributed by atoms with E-state index >= 15 is 0 Å². The van der Waals surface area contributed by atoms with Crippen molar-refractivity contribution in [2.75, 3.05) is 7.11 Å². The summed E-state index contributed by atoms with van der Waals surface area (Å²) in [6.45, 7) is 0. The average molecular weight is 434 g/mol. The molecule has 0 saturated heterocycles. The van der Waals surface area contributed by atoms with Crippen LogP contribution in [-0.2, 0) is 12.8 Å². The number of ether oxygens (including phenoxy) is 2. The number of aryl methyl sites for hydroxylation is 2. The van der Waals surface area contributed by atoms with Crippen molar-refractivity contribution in [3.05, 3.63) is 64.2 Å². The van der Waals surface area contributed by atoms with Gasteiger partial charge in [0.05, 0.1) is 17.6 Å². The molecule has 0 aliphatic rings. The largest absolute Gasteiger partial charge is 0.497 e. The van der Waals surface area contributed by atoms with E-state index in [1.54, 1.807) is 37.4 Å². The van der Waals surface area contributed by atoms with Crippen molar-refractivity contribution in [2.45, 2.75) is 12.8 Å². The zero-order valence-corrected chi connectivity index (χ0v) is 16.6. The van der Waals surface area contributed by atoms with Gasteiger partial charge in [0.25, 0.3) is 0 Å². The third kappa shape index (κ3) is 4.55. The zero-order chi connectivity index (χ0) is 20.4. The van der Waals surface area contributed by atoms with E-state index in [1.807, 2.05) is 0 Å². The lowest BCUT2D eigenvalue weighted by Crippen LogP contribution is -2.00. The standard InChI is InChI=1S/C19H14Cl2FN5O2/c1-28-11-3-5-14(12(20)9-11)29-17-8-10(23-19(21)27-17)2-7-16-24-13-4-6-15(22)25-18(13)26-16/h3-6,8-9H,2,7H2,1H3,(H,24,25,26). The first-order valence-electron chi connectivity index (χ1n) is 8.56. The van der Waals surface area contributed by atoms with Crippen molar-refractivity contribution in [3.8, 4) is 17.4 Å². The van der Waals surface area contributed by atoms with Gasteiger partial charge in [0.1, 0.15) is 17.3 Å². The molecule has 3 aromatic heterocycles. The molecule has 1 N–H and O–H groups in total. The minimum atomic E-state index is -0.572. The molecule has 0 bridgehead atoms. The fraction of sp³-hybridized carbons (Fsp3) is 0.158. The molecule has 4 rings (SSSR count). The first-order chi connectivity index (χ1) is 14.0. The molecule has 3 heterocycles. The molecule has 10 heteroatoms. The van der Waals surface area contributed by atoms with Gasteiger partial charge in [0, 0.05) is 24.2 Å². The Morgan fingerprint density at radius 1 is 1.00 bits per heavy atom. The Labute approximate surface area is 174 Å². The Morgan fingerprint density at radius 3 is 2.66 bits per heavy atom. The number of fused-ring (bicyclic) bond motifs is 1. The lowest BCUT2D eigenvalue weighted by Gasteiger charge is -2.09. The number of aromatic amines is 1. The maximum atomic E-state index is 13.2. The SMILES string of the molecule is COc1ccc(Oc2cc(CCc3nc4nc(F)ccc4[nH]3)nc(Cl)n2)c(Cl)c1. The number of methoxy groups -OCH3 is 1. The number of aromatic nitrogens is 5. The smallest absolute Gasteiger partial charge is 0.225 e. The minimum absolute atomic E-state index is 0.0514. The summed E-state index contributed by atoms with van der Waals surface area (Å²) in [7, 11) is 1.55. The van der Waals surface area contributed by atoms with E-state index in [2.05, 4.69) is 24.9 Å². The van der Waals surface area contributed by atoms with Gasteiger partial charge in [-0.15, -0.1) is 0 Å². The first-order valence-corrected chi connectivity index (χ1v) is 9.32. The van der Waals surface area contributed by atoms with E-state index < -0.39 is 5.95 Å². The number of benzene rings is 1. The summed E-state index contributed by atoms with van der Waals surface area (Å²) >= 11 is 12.2. The molecule has 0 atom stereocenters. The number of hydrogen-bond acceptors (Lipinski definition) is 6. The van der Waals surface area contributed by atoms with Crippen molar-refractivity contribution in [2.24, 2.45) is 0 Å². The number of nitrogens with one attached hydrogen (secondary N) is 1. The van der Waals surface area contributed by atoms with E-state index in [0.29, 0.717) is 52.0 Å². The summed E-state index contributed by atoms with van der Waals surface area (Å²) in [4.78, 5) is 19.4. The predicted molar refractivity (Wildman–Crippen MR) is 106 cm³/mol. The molecule has 0 unspecified atom stereocenters. The number of pyridine rings is 1. The summed E-state index contributed by atoms with van der Waals surface area (Å²) in [6, 6.07) is 9.59. The number of halogens is 3. The Morgan fingerprint density at radius 2 is 1.86 bits per heavy atom. The van der Waals surface area contributed by atoms with Crippen LogP contribution < -0.4 is 9.47 Å². The van der Waals surface area contributed by atoms with Crippen molar-refractivity contribution in [1.82, 2.24) is 24.9 Å². The molecular weight excluding hydrogens is 420 g/mol. The quantitative estimate of drug-likeness (QED) is 0.347. The van der Waals surface area contributed by atoms with Gasteiger partial charge >= 0.3 is 0 Å². The van der Waals surface area contributed by atoms with Gasteiger partial charge in [-0.3, -0.25) is 0 Å². The number of nitrogens with zero attached hydrogens (tertiary/aromatic N) is 4. The molecule has 0 fully saturated rings. The lowest BCUT2D eigenvalue weighted by atomic mass is 10.2. The zero-order valence-electron chi connectivity index (χ0n) is 15.1. The number of rotatable bonds is 6. The second-order valence-corrected chi connectivity index (χ2v) is 6.80. The molecule has 1 aromatic carbocycles. The molecule has 0 aliphatic heterocycles. The van der Waals surface area contributed by atoms with Gasteiger partial charge in [-0.05, 0) is 42.3 Å². The second-order valence-electron chi connectivity index (χ2n) is 6.05. The van der Waals surface area contributed by atoms with Crippen LogP contribution in [0.1, 0.15) is 11.5 Å². The van der Waals surface area contributed by atoms with E-state index in [-0.39, 0.29) is 11.2 Å². The third-order valence-electron chi connectivity index (χ3n) is 4.06. The summed E-state index contributed by atoms with van der Waals surface area (Å²) in [5, 5.41) is 0.429. The Balaban J connectivity index is 1.50. The summed E-state index contributed by atoms with van der Waals surface area (Å²) in [5.41, 5.74) is 1.66. The number of imidazole rings is 1. The van der Waals surface area contributed by atoms with Crippen LogP contribution in [0.15, 0.2) is 36.4 Å². The number of hydrogen-bond donors (Lipinski definition) is 1. The molecule has 0 spiro atoms. The van der Waals surface area contributed by atoms with E-state index in [1.165, 1.54) is 6.07 Å². The molecule has 0 radical (unpaired) electrons. The molecule has 148 valence electrons. The molecule has 0 aliphatic carbocycles. The molecular formula is C19H14Cl2FN5O2. The molecule has 0 amide bonds. The first kappa shape index (κ1) is 19.4. The normalized spacial score (nSPS) is 11.0. The van der Waals surface area contributed by atoms with Crippen LogP contribution in [-0.4, -0.2) is 32.0 Å². The molecule has 0 saturated carbocycles. The highest BCUT2D eigenvalue weighted by Gasteiger charge is 2.11. The minimum Gasteiger partial charge on any atom is -0.497 e. The number of H-pyrrole nitrogens is 1. The van der Waals surface area contributed by atoms with Crippen LogP contribution >= 0.6 is 23.2 Å². The van der Waals surface area contributed by atoms with Gasteiger partial charge in [-0.2, -0.15) is 14.4 Å². The Kier molecular flexibility index (Phi) is 5.46. The summed E-state index contributed by atoms with van der Waals surface area (Å²) in [6.07, 6.45) is 1.03. The van der Waals surface area contributed by atoms with Crippen molar-refractivity contribution in [3.63, 3.8) is 0 Å². The summed E-state index contributed by atoms with van der Waals surface area (Å²) in [5.74, 6) is 1.38. The van der Waals surface area contributed by atoms with Crippen molar-refractivity contribution >= 4 is 34.4 Å². The van der Waals surface area contributed by atoms with Gasteiger partial charge in [-0.1, -0.05) is 11.6 Å². The van der Waals surface area contributed by atoms with Gasteiger partial charge in [0.15, 0.2) is 5.65 Å². The second kappa shape index (κ2) is 8.18. The maximum absolute atomic E-state index is 13.2. The van der Waals surface area contributed by atoms with Crippen LogP contribution in [0.2, 0.25) is 10.3 Å². The molecule has 29 heavy (non-hydrogen) atoms. The highest BCUT2D eigenvalue weighted by Crippen LogP contribution is 2.32. The third-order valence-corrected chi connectivity index (χ3v) is 4.53. The highest BCUT2D eigenvalue weighted by atomic mass is 35.5. The maximum Gasteiger partial charge on any atom is 0.225 e. The Hall–Kier alpha value is -2.97.